The fourth-order valence-corrected chi connectivity index (χ4v) is 3.44. The van der Waals surface area contributed by atoms with Crippen molar-refractivity contribution in [2.45, 2.75) is 37.5 Å². The summed E-state index contributed by atoms with van der Waals surface area (Å²) < 4.78 is 5.53. The smallest absolute Gasteiger partial charge is 0.231 e. The summed E-state index contributed by atoms with van der Waals surface area (Å²) in [6.45, 7) is 2.07. The van der Waals surface area contributed by atoms with Crippen LogP contribution >= 0.6 is 0 Å². The lowest BCUT2D eigenvalue weighted by molar-refractivity contribution is 0.319. The van der Waals surface area contributed by atoms with E-state index in [0.29, 0.717) is 11.8 Å². The van der Waals surface area contributed by atoms with Crippen molar-refractivity contribution in [2.75, 3.05) is 13.1 Å². The molecule has 0 spiro atoms. The van der Waals surface area contributed by atoms with E-state index in [4.69, 9.17) is 9.51 Å². The van der Waals surface area contributed by atoms with Gasteiger partial charge in [-0.1, -0.05) is 29.4 Å². The highest BCUT2D eigenvalue weighted by atomic mass is 16.5. The van der Waals surface area contributed by atoms with Gasteiger partial charge < -0.3 is 9.84 Å². The summed E-state index contributed by atoms with van der Waals surface area (Å²) in [5.74, 6) is 2.40. The van der Waals surface area contributed by atoms with Gasteiger partial charge in [0.15, 0.2) is 5.82 Å². The molecule has 4 nitrogen and oxygen atoms in total. The quantitative estimate of drug-likeness (QED) is 0.910. The predicted octanol–water partition coefficient (Wildman–Crippen LogP) is 2.61. The van der Waals surface area contributed by atoms with Crippen molar-refractivity contribution >= 4 is 0 Å². The molecule has 0 radical (unpaired) electrons. The molecule has 1 fully saturated rings. The van der Waals surface area contributed by atoms with E-state index in [0.717, 1.165) is 44.1 Å². The van der Waals surface area contributed by atoms with Crippen LogP contribution in [-0.4, -0.2) is 23.2 Å². The number of nitrogens with zero attached hydrogens (tertiary/aromatic N) is 2. The van der Waals surface area contributed by atoms with Gasteiger partial charge in [-0.25, -0.2) is 0 Å². The van der Waals surface area contributed by atoms with Crippen LogP contribution < -0.4 is 5.32 Å². The van der Waals surface area contributed by atoms with Crippen LogP contribution in [0.5, 0.6) is 0 Å². The summed E-state index contributed by atoms with van der Waals surface area (Å²) >= 11 is 0. The highest BCUT2D eigenvalue weighted by Crippen LogP contribution is 2.37. The van der Waals surface area contributed by atoms with Crippen LogP contribution in [0, 0.1) is 0 Å². The van der Waals surface area contributed by atoms with E-state index in [1.165, 1.54) is 17.5 Å². The average Bonchev–Trinajstić information content (AvgIpc) is 3.14. The molecule has 1 aromatic carbocycles. The summed E-state index contributed by atoms with van der Waals surface area (Å²) in [4.78, 5) is 4.70. The van der Waals surface area contributed by atoms with Crippen LogP contribution in [0.4, 0.5) is 0 Å². The van der Waals surface area contributed by atoms with Gasteiger partial charge in [-0.3, -0.25) is 0 Å². The minimum absolute atomic E-state index is 0.320. The van der Waals surface area contributed by atoms with Crippen molar-refractivity contribution in [3.8, 4) is 0 Å². The molecule has 4 heteroatoms. The third kappa shape index (κ3) is 2.04. The molecule has 1 aliphatic carbocycles. The van der Waals surface area contributed by atoms with E-state index in [2.05, 4.69) is 34.7 Å². The van der Waals surface area contributed by atoms with Gasteiger partial charge in [0, 0.05) is 12.5 Å². The highest BCUT2D eigenvalue weighted by molar-refractivity contribution is 5.38. The molecule has 1 aliphatic heterocycles. The highest BCUT2D eigenvalue weighted by Gasteiger charge is 2.29. The molecule has 2 heterocycles. The Kier molecular flexibility index (Phi) is 3.03. The van der Waals surface area contributed by atoms with Crippen molar-refractivity contribution < 1.29 is 4.52 Å². The van der Waals surface area contributed by atoms with Crippen LogP contribution in [-0.2, 0) is 6.42 Å². The van der Waals surface area contributed by atoms with Crippen LogP contribution in [0.2, 0.25) is 0 Å². The van der Waals surface area contributed by atoms with Crippen LogP contribution in [0.25, 0.3) is 0 Å². The number of hydrogen-bond donors (Lipinski definition) is 1. The second-order valence-electron chi connectivity index (χ2n) is 5.82. The molecule has 1 N–H and O–H groups in total. The number of hydrogen-bond acceptors (Lipinski definition) is 4. The summed E-state index contributed by atoms with van der Waals surface area (Å²) in [5.41, 5.74) is 2.81. The second-order valence-corrected chi connectivity index (χ2v) is 5.82. The molecule has 0 bridgehead atoms. The van der Waals surface area contributed by atoms with E-state index >= 15 is 0 Å². The first-order valence-corrected chi connectivity index (χ1v) is 7.54. The van der Waals surface area contributed by atoms with Gasteiger partial charge in [-0.2, -0.15) is 4.98 Å². The minimum atomic E-state index is 0.320. The van der Waals surface area contributed by atoms with Gasteiger partial charge in [0.25, 0.3) is 0 Å². The standard InChI is InChI=1S/C16H19N3O/c1-2-6-13-11(4-1)7-8-14(13)15-18-16(20-19-15)12-5-3-9-17-10-12/h1-2,4,6,12,14,17H,3,5,7-10H2/t12-,14?/m1/s1. The molecular weight excluding hydrogens is 250 g/mol. The first-order valence-electron chi connectivity index (χ1n) is 7.54. The number of nitrogens with one attached hydrogen (secondary N) is 1. The Morgan fingerprint density at radius 1 is 1.20 bits per heavy atom. The topological polar surface area (TPSA) is 51.0 Å². The lowest BCUT2D eigenvalue weighted by Gasteiger charge is -2.18. The Balaban J connectivity index is 1.59. The number of aromatic nitrogens is 2. The van der Waals surface area contributed by atoms with E-state index in [1.807, 2.05) is 0 Å². The third-order valence-electron chi connectivity index (χ3n) is 4.55. The van der Waals surface area contributed by atoms with E-state index < -0.39 is 0 Å². The number of fused-ring (bicyclic) bond motifs is 1. The summed E-state index contributed by atoms with van der Waals surface area (Å²) in [6.07, 6.45) is 4.56. The monoisotopic (exact) mass is 269 g/mol. The van der Waals surface area contributed by atoms with Gasteiger partial charge in [0.2, 0.25) is 5.89 Å². The lowest BCUT2D eigenvalue weighted by Crippen LogP contribution is -2.28. The van der Waals surface area contributed by atoms with Crippen LogP contribution in [0.15, 0.2) is 28.8 Å². The molecule has 2 aromatic rings. The Bertz CT molecular complexity index is 601. The van der Waals surface area contributed by atoms with Gasteiger partial charge in [-0.15, -0.1) is 0 Å². The lowest BCUT2D eigenvalue weighted by atomic mass is 9.99. The summed E-state index contributed by atoms with van der Waals surface area (Å²) in [7, 11) is 0. The van der Waals surface area contributed by atoms with E-state index in [1.54, 1.807) is 0 Å². The molecule has 0 amide bonds. The van der Waals surface area contributed by atoms with Crippen molar-refractivity contribution in [2.24, 2.45) is 0 Å². The van der Waals surface area contributed by atoms with Gasteiger partial charge in [0.1, 0.15) is 0 Å². The molecule has 104 valence electrons. The molecule has 2 atom stereocenters. The van der Waals surface area contributed by atoms with Crippen LogP contribution in [0.1, 0.15) is 53.9 Å². The second kappa shape index (κ2) is 5.02. The first kappa shape index (κ1) is 12.1. The molecular formula is C16H19N3O. The Morgan fingerprint density at radius 2 is 2.15 bits per heavy atom. The molecule has 1 unspecified atom stereocenters. The fraction of sp³-hybridized carbons (Fsp3) is 0.500. The maximum absolute atomic E-state index is 5.53. The fourth-order valence-electron chi connectivity index (χ4n) is 3.44. The number of piperidine rings is 1. The van der Waals surface area contributed by atoms with Crippen LogP contribution in [0.3, 0.4) is 0 Å². The molecule has 1 aromatic heterocycles. The zero-order valence-corrected chi connectivity index (χ0v) is 11.5. The largest absolute Gasteiger partial charge is 0.339 e. The molecule has 20 heavy (non-hydrogen) atoms. The summed E-state index contributed by atoms with van der Waals surface area (Å²) in [6, 6.07) is 8.62. The Morgan fingerprint density at radius 3 is 3.05 bits per heavy atom. The van der Waals surface area contributed by atoms with Crippen molar-refractivity contribution in [1.82, 2.24) is 15.5 Å². The maximum atomic E-state index is 5.53. The Labute approximate surface area is 118 Å². The van der Waals surface area contributed by atoms with E-state index in [9.17, 15) is 0 Å². The zero-order valence-electron chi connectivity index (χ0n) is 11.5. The van der Waals surface area contributed by atoms with Gasteiger partial charge in [-0.05, 0) is 43.4 Å². The van der Waals surface area contributed by atoms with E-state index in [-0.39, 0.29) is 0 Å². The number of rotatable bonds is 2. The molecule has 4 rings (SSSR count). The zero-order chi connectivity index (χ0) is 13.4. The van der Waals surface area contributed by atoms with Crippen molar-refractivity contribution in [1.29, 1.82) is 0 Å². The predicted molar refractivity (Wildman–Crippen MR) is 75.7 cm³/mol. The third-order valence-corrected chi connectivity index (χ3v) is 4.55. The SMILES string of the molecule is c1ccc2c(c1)CCC2c1noc([C@@H]2CCCNC2)n1. The van der Waals surface area contributed by atoms with Gasteiger partial charge >= 0.3 is 0 Å². The van der Waals surface area contributed by atoms with Crippen molar-refractivity contribution in [3.63, 3.8) is 0 Å². The van der Waals surface area contributed by atoms with Crippen molar-refractivity contribution in [3.05, 3.63) is 47.1 Å². The molecule has 0 saturated carbocycles. The summed E-state index contributed by atoms with van der Waals surface area (Å²) in [5, 5.41) is 7.66. The average molecular weight is 269 g/mol. The first-order chi connectivity index (χ1) is 9.92. The normalized spacial score (nSPS) is 25.6. The molecule has 2 aliphatic rings. The number of benzene rings is 1. The molecule has 1 saturated heterocycles. The minimum Gasteiger partial charge on any atom is -0.339 e. The Hall–Kier alpha value is -1.68. The maximum Gasteiger partial charge on any atom is 0.231 e. The number of aryl methyl sites for hydroxylation is 1. The van der Waals surface area contributed by atoms with Gasteiger partial charge in [0.05, 0.1) is 5.92 Å².